The summed E-state index contributed by atoms with van der Waals surface area (Å²) in [7, 11) is 0. The molecule has 3 heteroatoms. The summed E-state index contributed by atoms with van der Waals surface area (Å²) in [5.41, 5.74) is -0.435. The average molecular weight is 143 g/mol. The third kappa shape index (κ3) is 1.29. The van der Waals surface area contributed by atoms with Crippen LogP contribution in [-0.4, -0.2) is 22.7 Å². The lowest BCUT2D eigenvalue weighted by molar-refractivity contribution is -0.128. The molecule has 1 atom stereocenters. The number of rotatable bonds is 0. The first kappa shape index (κ1) is 7.54. The molecule has 1 fully saturated rings. The van der Waals surface area contributed by atoms with Crippen LogP contribution in [0, 0.1) is 0 Å². The number of hydrogen-bond donors (Lipinski definition) is 2. The maximum absolute atomic E-state index is 10.8. The Morgan fingerprint density at radius 1 is 1.70 bits per heavy atom. The van der Waals surface area contributed by atoms with E-state index in [9.17, 15) is 9.90 Å². The Morgan fingerprint density at radius 2 is 2.30 bits per heavy atom. The SMILES string of the molecule is CC1(C)NC(=O)CC[C@@H]1O. The van der Waals surface area contributed by atoms with Gasteiger partial charge in [0.2, 0.25) is 5.91 Å². The summed E-state index contributed by atoms with van der Waals surface area (Å²) in [4.78, 5) is 10.8. The number of amides is 1. The van der Waals surface area contributed by atoms with Crippen molar-refractivity contribution in [1.29, 1.82) is 0 Å². The van der Waals surface area contributed by atoms with Crippen molar-refractivity contribution < 1.29 is 9.90 Å². The zero-order valence-electron chi connectivity index (χ0n) is 6.35. The highest BCUT2D eigenvalue weighted by Gasteiger charge is 2.33. The number of carbonyl (C=O) groups excluding carboxylic acids is 1. The molecule has 0 saturated carbocycles. The van der Waals surface area contributed by atoms with Crippen molar-refractivity contribution in [3.63, 3.8) is 0 Å². The van der Waals surface area contributed by atoms with E-state index in [1.165, 1.54) is 0 Å². The summed E-state index contributed by atoms with van der Waals surface area (Å²) in [6.45, 7) is 3.66. The highest BCUT2D eigenvalue weighted by molar-refractivity contribution is 5.77. The Morgan fingerprint density at radius 3 is 2.70 bits per heavy atom. The second-order valence-electron chi connectivity index (χ2n) is 3.32. The summed E-state index contributed by atoms with van der Waals surface area (Å²) in [5.74, 6) is 0.0373. The van der Waals surface area contributed by atoms with E-state index in [0.717, 1.165) is 0 Å². The van der Waals surface area contributed by atoms with E-state index >= 15 is 0 Å². The summed E-state index contributed by atoms with van der Waals surface area (Å²) < 4.78 is 0. The lowest BCUT2D eigenvalue weighted by atomic mass is 9.90. The molecular weight excluding hydrogens is 130 g/mol. The minimum absolute atomic E-state index is 0.0373. The van der Waals surface area contributed by atoms with Gasteiger partial charge >= 0.3 is 0 Å². The van der Waals surface area contributed by atoms with Crippen LogP contribution in [-0.2, 0) is 4.79 Å². The van der Waals surface area contributed by atoms with Gasteiger partial charge in [0, 0.05) is 6.42 Å². The van der Waals surface area contributed by atoms with E-state index in [1.807, 2.05) is 13.8 Å². The van der Waals surface area contributed by atoms with Crippen molar-refractivity contribution in [2.75, 3.05) is 0 Å². The molecule has 0 aliphatic carbocycles. The number of aliphatic hydroxyl groups is 1. The summed E-state index contributed by atoms with van der Waals surface area (Å²) in [6.07, 6.45) is 0.633. The van der Waals surface area contributed by atoms with Crippen LogP contribution in [0.5, 0.6) is 0 Å². The first-order valence-electron chi connectivity index (χ1n) is 3.51. The van der Waals surface area contributed by atoms with Crippen molar-refractivity contribution in [2.24, 2.45) is 0 Å². The van der Waals surface area contributed by atoms with Crippen LogP contribution in [0.15, 0.2) is 0 Å². The monoisotopic (exact) mass is 143 g/mol. The molecule has 1 saturated heterocycles. The Balaban J connectivity index is 2.63. The molecule has 0 spiro atoms. The second kappa shape index (κ2) is 2.23. The molecule has 1 amide bonds. The van der Waals surface area contributed by atoms with Crippen LogP contribution in [0.2, 0.25) is 0 Å². The van der Waals surface area contributed by atoms with Gasteiger partial charge in [-0.2, -0.15) is 0 Å². The maximum atomic E-state index is 10.8. The van der Waals surface area contributed by atoms with Gasteiger partial charge in [-0.15, -0.1) is 0 Å². The highest BCUT2D eigenvalue weighted by Crippen LogP contribution is 2.18. The van der Waals surface area contributed by atoms with Crippen LogP contribution >= 0.6 is 0 Å². The molecule has 0 radical (unpaired) electrons. The molecular formula is C7H13NO2. The molecule has 0 bridgehead atoms. The summed E-state index contributed by atoms with van der Waals surface area (Å²) >= 11 is 0. The zero-order valence-corrected chi connectivity index (χ0v) is 6.35. The maximum Gasteiger partial charge on any atom is 0.220 e. The van der Waals surface area contributed by atoms with E-state index in [1.54, 1.807) is 0 Å². The fraction of sp³-hybridized carbons (Fsp3) is 0.857. The zero-order chi connectivity index (χ0) is 7.78. The van der Waals surface area contributed by atoms with Gasteiger partial charge in [0.05, 0.1) is 11.6 Å². The minimum atomic E-state index is -0.435. The van der Waals surface area contributed by atoms with Gasteiger partial charge in [-0.1, -0.05) is 0 Å². The Kier molecular flexibility index (Phi) is 1.68. The molecule has 2 N–H and O–H groups in total. The first-order chi connectivity index (χ1) is 4.52. The van der Waals surface area contributed by atoms with Crippen LogP contribution in [0.3, 0.4) is 0 Å². The van der Waals surface area contributed by atoms with Crippen molar-refractivity contribution in [3.05, 3.63) is 0 Å². The fourth-order valence-corrected chi connectivity index (χ4v) is 1.13. The second-order valence-corrected chi connectivity index (χ2v) is 3.32. The molecule has 1 heterocycles. The topological polar surface area (TPSA) is 49.3 Å². The van der Waals surface area contributed by atoms with Gasteiger partial charge < -0.3 is 10.4 Å². The predicted molar refractivity (Wildman–Crippen MR) is 37.5 cm³/mol. The van der Waals surface area contributed by atoms with Crippen molar-refractivity contribution in [2.45, 2.75) is 38.3 Å². The average Bonchev–Trinajstić information content (AvgIpc) is 1.78. The van der Waals surface area contributed by atoms with E-state index in [4.69, 9.17) is 0 Å². The standard InChI is InChI=1S/C7H13NO2/c1-7(2)5(9)3-4-6(10)8-7/h5,9H,3-4H2,1-2H3,(H,8,10)/t5-/m0/s1. The normalized spacial score (nSPS) is 31.5. The van der Waals surface area contributed by atoms with Crippen LogP contribution in [0.1, 0.15) is 26.7 Å². The van der Waals surface area contributed by atoms with Crippen molar-refractivity contribution in [3.8, 4) is 0 Å². The predicted octanol–water partition coefficient (Wildman–Crippen LogP) is 0.0359. The lowest BCUT2D eigenvalue weighted by Gasteiger charge is -2.35. The van der Waals surface area contributed by atoms with Gasteiger partial charge in [-0.25, -0.2) is 0 Å². The van der Waals surface area contributed by atoms with Crippen molar-refractivity contribution in [1.82, 2.24) is 5.32 Å². The van der Waals surface area contributed by atoms with E-state index < -0.39 is 11.6 Å². The van der Waals surface area contributed by atoms with Crippen LogP contribution in [0.4, 0.5) is 0 Å². The van der Waals surface area contributed by atoms with Gasteiger partial charge in [-0.05, 0) is 20.3 Å². The number of nitrogens with one attached hydrogen (secondary N) is 1. The van der Waals surface area contributed by atoms with Gasteiger partial charge in [-0.3, -0.25) is 4.79 Å². The Labute approximate surface area is 60.4 Å². The fourth-order valence-electron chi connectivity index (χ4n) is 1.13. The quantitative estimate of drug-likeness (QED) is 0.503. The molecule has 1 rings (SSSR count). The number of carbonyl (C=O) groups is 1. The molecule has 0 aromatic carbocycles. The summed E-state index contributed by atoms with van der Waals surface area (Å²) in [6, 6.07) is 0. The van der Waals surface area contributed by atoms with Gasteiger partial charge in [0.25, 0.3) is 0 Å². The number of hydrogen-bond acceptors (Lipinski definition) is 2. The van der Waals surface area contributed by atoms with E-state index in [2.05, 4.69) is 5.32 Å². The van der Waals surface area contributed by atoms with Gasteiger partial charge in [0.15, 0.2) is 0 Å². The van der Waals surface area contributed by atoms with E-state index in [-0.39, 0.29) is 5.91 Å². The molecule has 0 aromatic heterocycles. The first-order valence-corrected chi connectivity index (χ1v) is 3.51. The molecule has 58 valence electrons. The van der Waals surface area contributed by atoms with Crippen LogP contribution < -0.4 is 5.32 Å². The third-order valence-electron chi connectivity index (χ3n) is 1.94. The van der Waals surface area contributed by atoms with Gasteiger partial charge in [0.1, 0.15) is 0 Å². The molecule has 3 nitrogen and oxygen atoms in total. The smallest absolute Gasteiger partial charge is 0.220 e. The molecule has 10 heavy (non-hydrogen) atoms. The molecule has 0 unspecified atom stereocenters. The Hall–Kier alpha value is -0.570. The number of aliphatic hydroxyl groups excluding tert-OH is 1. The van der Waals surface area contributed by atoms with Crippen LogP contribution in [0.25, 0.3) is 0 Å². The molecule has 1 aliphatic heterocycles. The highest BCUT2D eigenvalue weighted by atomic mass is 16.3. The lowest BCUT2D eigenvalue weighted by Crippen LogP contribution is -2.55. The minimum Gasteiger partial charge on any atom is -0.391 e. The molecule has 0 aromatic rings. The van der Waals surface area contributed by atoms with Crippen molar-refractivity contribution >= 4 is 5.91 Å². The van der Waals surface area contributed by atoms with E-state index in [0.29, 0.717) is 12.8 Å². The molecule has 1 aliphatic rings. The number of piperidine rings is 1. The summed E-state index contributed by atoms with van der Waals surface area (Å²) in [5, 5.41) is 12.1. The largest absolute Gasteiger partial charge is 0.391 e. The third-order valence-corrected chi connectivity index (χ3v) is 1.94. The Bertz CT molecular complexity index is 154.